The maximum Gasteiger partial charge on any atom is 0.321 e. The van der Waals surface area contributed by atoms with Crippen LogP contribution in [0.3, 0.4) is 0 Å². The predicted molar refractivity (Wildman–Crippen MR) is 97.2 cm³/mol. The van der Waals surface area contributed by atoms with Gasteiger partial charge in [0.25, 0.3) is 0 Å². The molecule has 2 aromatic rings. The summed E-state index contributed by atoms with van der Waals surface area (Å²) in [5.41, 5.74) is 0.766. The van der Waals surface area contributed by atoms with Gasteiger partial charge in [0.1, 0.15) is 11.6 Å². The van der Waals surface area contributed by atoms with Gasteiger partial charge in [-0.15, -0.1) is 0 Å². The number of anilines is 2. The summed E-state index contributed by atoms with van der Waals surface area (Å²) >= 11 is 0. The summed E-state index contributed by atoms with van der Waals surface area (Å²) in [4.78, 5) is 26.5. The number of halogens is 2. The fourth-order valence-electron chi connectivity index (χ4n) is 3.77. The van der Waals surface area contributed by atoms with E-state index in [1.165, 1.54) is 36.4 Å². The highest BCUT2D eigenvalue weighted by atomic mass is 19.1. The van der Waals surface area contributed by atoms with Crippen LogP contribution in [0.2, 0.25) is 0 Å². The standard InChI is InChI=1S/C20H19F2N3O2/c21-13-4-6-15(7-5-13)24-19(27)25-9-8-20(12-25)11-17(20)18(26)23-16-3-1-2-14(22)10-16/h1-7,10,17H,8-9,11-12H2,(H,23,26)(H,24,27)/t17-,20+/m1/s1. The number of carbonyl (C=O) groups excluding carboxylic acids is 2. The summed E-state index contributed by atoms with van der Waals surface area (Å²) in [5, 5.41) is 5.50. The quantitative estimate of drug-likeness (QED) is 0.861. The Hall–Kier alpha value is -2.96. The number of nitrogens with zero attached hydrogens (tertiary/aromatic N) is 1. The average Bonchev–Trinajstić information content (AvgIpc) is 3.17. The molecular weight excluding hydrogens is 352 g/mol. The molecule has 1 heterocycles. The first kappa shape index (κ1) is 17.5. The van der Waals surface area contributed by atoms with E-state index in [9.17, 15) is 18.4 Å². The van der Waals surface area contributed by atoms with Gasteiger partial charge < -0.3 is 15.5 Å². The van der Waals surface area contributed by atoms with Crippen molar-refractivity contribution in [3.05, 3.63) is 60.2 Å². The third-order valence-corrected chi connectivity index (χ3v) is 5.37. The minimum atomic E-state index is -0.400. The normalized spacial score (nSPS) is 23.3. The molecule has 4 rings (SSSR count). The van der Waals surface area contributed by atoms with Gasteiger partial charge in [-0.1, -0.05) is 6.07 Å². The van der Waals surface area contributed by atoms with Crippen molar-refractivity contribution in [2.24, 2.45) is 11.3 Å². The van der Waals surface area contributed by atoms with Gasteiger partial charge in [-0.2, -0.15) is 0 Å². The van der Waals surface area contributed by atoms with Gasteiger partial charge in [0.15, 0.2) is 0 Å². The zero-order valence-electron chi connectivity index (χ0n) is 14.5. The largest absolute Gasteiger partial charge is 0.326 e. The van der Waals surface area contributed by atoms with Crippen molar-refractivity contribution in [1.82, 2.24) is 4.90 Å². The molecule has 5 nitrogen and oxygen atoms in total. The lowest BCUT2D eigenvalue weighted by Crippen LogP contribution is -2.33. The van der Waals surface area contributed by atoms with Gasteiger partial charge in [0, 0.05) is 35.8 Å². The fourth-order valence-corrected chi connectivity index (χ4v) is 3.77. The molecule has 1 aliphatic carbocycles. The lowest BCUT2D eigenvalue weighted by molar-refractivity contribution is -0.118. The van der Waals surface area contributed by atoms with Crippen LogP contribution in [0.4, 0.5) is 25.0 Å². The molecule has 2 fully saturated rings. The summed E-state index contributed by atoms with van der Waals surface area (Å²) in [6.07, 6.45) is 1.47. The summed E-state index contributed by atoms with van der Waals surface area (Å²) in [7, 11) is 0. The van der Waals surface area contributed by atoms with Crippen LogP contribution in [0.1, 0.15) is 12.8 Å². The topological polar surface area (TPSA) is 61.4 Å². The van der Waals surface area contributed by atoms with Crippen LogP contribution in [0.25, 0.3) is 0 Å². The van der Waals surface area contributed by atoms with Crippen molar-refractivity contribution in [1.29, 1.82) is 0 Å². The highest BCUT2D eigenvalue weighted by molar-refractivity contribution is 5.95. The van der Waals surface area contributed by atoms with E-state index in [1.807, 2.05) is 0 Å². The van der Waals surface area contributed by atoms with Crippen LogP contribution in [-0.2, 0) is 4.79 Å². The van der Waals surface area contributed by atoms with Crippen LogP contribution in [0, 0.1) is 23.0 Å². The molecule has 0 bridgehead atoms. The number of hydrogen-bond donors (Lipinski definition) is 2. The molecule has 2 N–H and O–H groups in total. The fraction of sp³-hybridized carbons (Fsp3) is 0.300. The molecule has 2 aliphatic rings. The van der Waals surface area contributed by atoms with E-state index in [4.69, 9.17) is 0 Å². The molecule has 0 radical (unpaired) electrons. The first-order chi connectivity index (χ1) is 12.9. The summed E-state index contributed by atoms with van der Waals surface area (Å²) < 4.78 is 26.2. The van der Waals surface area contributed by atoms with Crippen molar-refractivity contribution < 1.29 is 18.4 Å². The molecule has 1 saturated carbocycles. The van der Waals surface area contributed by atoms with Crippen molar-refractivity contribution in [3.63, 3.8) is 0 Å². The third kappa shape index (κ3) is 3.63. The number of rotatable bonds is 3. The van der Waals surface area contributed by atoms with Gasteiger partial charge in [-0.25, -0.2) is 13.6 Å². The van der Waals surface area contributed by atoms with Crippen molar-refractivity contribution in [2.75, 3.05) is 23.7 Å². The lowest BCUT2D eigenvalue weighted by Gasteiger charge is -2.17. The number of benzene rings is 2. The average molecular weight is 371 g/mol. The van der Waals surface area contributed by atoms with Crippen LogP contribution >= 0.6 is 0 Å². The van der Waals surface area contributed by atoms with E-state index in [-0.39, 0.29) is 29.1 Å². The Kier molecular flexibility index (Phi) is 4.30. The predicted octanol–water partition coefficient (Wildman–Crippen LogP) is 3.85. The second-order valence-electron chi connectivity index (χ2n) is 7.23. The summed E-state index contributed by atoms with van der Waals surface area (Å²) in [6, 6.07) is 11.1. The Bertz CT molecular complexity index is 887. The molecule has 0 aromatic heterocycles. The summed E-state index contributed by atoms with van der Waals surface area (Å²) in [6.45, 7) is 1.07. The van der Waals surface area contributed by atoms with E-state index in [2.05, 4.69) is 10.6 Å². The zero-order chi connectivity index (χ0) is 19.0. The van der Waals surface area contributed by atoms with Crippen LogP contribution in [-0.4, -0.2) is 29.9 Å². The molecule has 2 atom stereocenters. The molecule has 7 heteroatoms. The van der Waals surface area contributed by atoms with Crippen LogP contribution in [0.15, 0.2) is 48.5 Å². The highest BCUT2D eigenvalue weighted by Crippen LogP contribution is 2.58. The first-order valence-electron chi connectivity index (χ1n) is 8.83. The molecule has 1 spiro atoms. The van der Waals surface area contributed by atoms with E-state index in [1.54, 1.807) is 17.0 Å². The second kappa shape index (κ2) is 6.64. The zero-order valence-corrected chi connectivity index (χ0v) is 14.5. The highest BCUT2D eigenvalue weighted by Gasteiger charge is 2.61. The Morgan fingerprint density at radius 3 is 2.52 bits per heavy atom. The number of carbonyl (C=O) groups is 2. The number of urea groups is 1. The number of hydrogen-bond acceptors (Lipinski definition) is 2. The van der Waals surface area contributed by atoms with E-state index in [0.29, 0.717) is 30.9 Å². The van der Waals surface area contributed by atoms with Crippen molar-refractivity contribution >= 4 is 23.3 Å². The maximum absolute atomic E-state index is 13.2. The van der Waals surface area contributed by atoms with Gasteiger partial charge in [0.05, 0.1) is 0 Å². The number of amides is 3. The first-order valence-corrected chi connectivity index (χ1v) is 8.83. The minimum absolute atomic E-state index is 0.138. The molecule has 27 heavy (non-hydrogen) atoms. The summed E-state index contributed by atoms with van der Waals surface area (Å²) in [5.74, 6) is -1.08. The van der Waals surface area contributed by atoms with Crippen LogP contribution in [0.5, 0.6) is 0 Å². The Balaban J connectivity index is 1.33. The van der Waals surface area contributed by atoms with Crippen molar-refractivity contribution in [2.45, 2.75) is 12.8 Å². The van der Waals surface area contributed by atoms with Gasteiger partial charge in [-0.3, -0.25) is 4.79 Å². The molecule has 3 amide bonds. The smallest absolute Gasteiger partial charge is 0.321 e. The molecule has 140 valence electrons. The van der Waals surface area contributed by atoms with Crippen LogP contribution < -0.4 is 10.6 Å². The third-order valence-electron chi connectivity index (χ3n) is 5.37. The molecule has 2 aromatic carbocycles. The van der Waals surface area contributed by atoms with E-state index < -0.39 is 5.82 Å². The van der Waals surface area contributed by atoms with Crippen molar-refractivity contribution in [3.8, 4) is 0 Å². The Morgan fingerprint density at radius 2 is 1.78 bits per heavy atom. The number of likely N-dealkylation sites (tertiary alicyclic amines) is 1. The minimum Gasteiger partial charge on any atom is -0.326 e. The Labute approximate surface area is 155 Å². The number of nitrogens with one attached hydrogen (secondary N) is 2. The van der Waals surface area contributed by atoms with Gasteiger partial charge in [0.2, 0.25) is 5.91 Å². The van der Waals surface area contributed by atoms with Gasteiger partial charge in [-0.05, 0) is 55.3 Å². The van der Waals surface area contributed by atoms with Gasteiger partial charge >= 0.3 is 6.03 Å². The SMILES string of the molecule is O=C(Nc1cccc(F)c1)[C@H]1C[C@]12CCN(C(=O)Nc1ccc(F)cc1)C2. The lowest BCUT2D eigenvalue weighted by atomic mass is 10.0. The molecule has 0 unspecified atom stereocenters. The second-order valence-corrected chi connectivity index (χ2v) is 7.23. The molecule has 1 saturated heterocycles. The Morgan fingerprint density at radius 1 is 1.00 bits per heavy atom. The maximum atomic E-state index is 13.2. The monoisotopic (exact) mass is 371 g/mol. The molecule has 1 aliphatic heterocycles. The van der Waals surface area contributed by atoms with E-state index in [0.717, 1.165) is 6.42 Å². The molecular formula is C20H19F2N3O2. The van der Waals surface area contributed by atoms with E-state index >= 15 is 0 Å².